The van der Waals surface area contributed by atoms with E-state index >= 15 is 0 Å². The lowest BCUT2D eigenvalue weighted by Gasteiger charge is -1.73. The smallest absolute Gasteiger partial charge is 0.00559 e. The van der Waals surface area contributed by atoms with Crippen molar-refractivity contribution < 1.29 is 4.89 Å². The van der Waals surface area contributed by atoms with Crippen LogP contribution in [0.4, 0.5) is 0 Å². The molecule has 0 fully saturated rings. The van der Waals surface area contributed by atoms with Gasteiger partial charge in [-0.2, -0.15) is 0 Å². The molecule has 1 nitrogen and oxygen atoms in total. The van der Waals surface area contributed by atoms with E-state index in [4.69, 9.17) is 4.89 Å². The molecule has 0 spiro atoms. The summed E-state index contributed by atoms with van der Waals surface area (Å²) < 4.78 is 0. The summed E-state index contributed by atoms with van der Waals surface area (Å²) in [5.41, 5.74) is 1.17. The summed E-state index contributed by atoms with van der Waals surface area (Å²) in [7, 11) is -0.847. The van der Waals surface area contributed by atoms with Crippen molar-refractivity contribution in [2.45, 2.75) is 6.92 Å². The van der Waals surface area contributed by atoms with Crippen LogP contribution in [0.5, 0.6) is 0 Å². The Labute approximate surface area is 43.7 Å². The average molecular weight is 114 g/mol. The van der Waals surface area contributed by atoms with Crippen LogP contribution < -0.4 is 0 Å². The number of hydrogen-bond donors (Lipinski definition) is 1. The van der Waals surface area contributed by atoms with E-state index in [2.05, 4.69) is 0 Å². The van der Waals surface area contributed by atoms with Gasteiger partial charge in [0.05, 0.1) is 0 Å². The number of aryl methyl sites for hydroxylation is 1. The van der Waals surface area contributed by atoms with Crippen molar-refractivity contribution >= 4 is 7.76 Å². The minimum Gasteiger partial charge on any atom is -0.347 e. The zero-order valence-electron chi connectivity index (χ0n) is 4.13. The van der Waals surface area contributed by atoms with Gasteiger partial charge in [0.2, 0.25) is 0 Å². The summed E-state index contributed by atoms with van der Waals surface area (Å²) in [6.07, 6.45) is 0. The largest absolute Gasteiger partial charge is 0.347 e. The van der Waals surface area contributed by atoms with Gasteiger partial charge in [-0.1, -0.05) is 6.07 Å². The molecule has 0 aliphatic rings. The van der Waals surface area contributed by atoms with Crippen LogP contribution in [0.2, 0.25) is 0 Å². The molecule has 1 aromatic heterocycles. The van der Waals surface area contributed by atoms with Gasteiger partial charge in [-0.05, 0) is 24.1 Å². The molecule has 1 N–H and O–H groups in total. The Morgan fingerprint density at radius 3 is 2.57 bits per heavy atom. The van der Waals surface area contributed by atoms with Gasteiger partial charge >= 0.3 is 0 Å². The third-order valence-electron chi connectivity index (χ3n) is 0.826. The summed E-state index contributed by atoms with van der Waals surface area (Å²) in [6.45, 7) is 1.98. The Morgan fingerprint density at radius 1 is 1.71 bits per heavy atom. The summed E-state index contributed by atoms with van der Waals surface area (Å²) in [6, 6.07) is 1.94. The number of rotatable bonds is 0. The normalized spacial score (nSPS) is 12.0. The highest BCUT2D eigenvalue weighted by molar-refractivity contribution is 7.42. The highest BCUT2D eigenvalue weighted by Crippen LogP contribution is 2.22. The fourth-order valence-electron chi connectivity index (χ4n) is 0.489. The van der Waals surface area contributed by atoms with Crippen molar-refractivity contribution in [3.8, 4) is 0 Å². The van der Waals surface area contributed by atoms with Gasteiger partial charge in [0, 0.05) is 7.76 Å². The topological polar surface area (TPSA) is 20.2 Å². The monoisotopic (exact) mass is 114 g/mol. The van der Waals surface area contributed by atoms with Crippen LogP contribution in [0.25, 0.3) is 0 Å². The average Bonchev–Trinajstić information content (AvgIpc) is 1.87. The van der Waals surface area contributed by atoms with Crippen LogP contribution >= 0.6 is 7.76 Å². The summed E-state index contributed by atoms with van der Waals surface area (Å²) in [5, 5.41) is 0. The molecule has 7 heavy (non-hydrogen) atoms. The van der Waals surface area contributed by atoms with E-state index in [0.717, 1.165) is 0 Å². The van der Waals surface area contributed by atoms with E-state index in [1.165, 1.54) is 5.56 Å². The first-order chi connectivity index (χ1) is 3.29. The lowest BCUT2D eigenvalue weighted by atomic mass is 10.4. The van der Waals surface area contributed by atoms with Crippen molar-refractivity contribution in [3.05, 3.63) is 23.2 Å². The first kappa shape index (κ1) is 4.89. The van der Waals surface area contributed by atoms with E-state index < -0.39 is 7.76 Å². The molecule has 0 aromatic carbocycles. The van der Waals surface area contributed by atoms with Crippen molar-refractivity contribution in [2.24, 2.45) is 0 Å². The molecule has 0 aliphatic heterocycles. The van der Waals surface area contributed by atoms with Gasteiger partial charge in [-0.3, -0.25) is 0 Å². The maximum atomic E-state index is 8.80. The molecule has 1 rings (SSSR count). The molecule has 2 heteroatoms. The summed E-state index contributed by atoms with van der Waals surface area (Å²) in [5.74, 6) is 3.69. The van der Waals surface area contributed by atoms with Gasteiger partial charge < -0.3 is 4.89 Å². The van der Waals surface area contributed by atoms with Gasteiger partial charge in [0.1, 0.15) is 0 Å². The first-order valence-electron chi connectivity index (χ1n) is 2.13. The molecule has 0 amide bonds. The molecule has 1 heterocycles. The van der Waals surface area contributed by atoms with Crippen LogP contribution in [0.3, 0.4) is 0 Å². The summed E-state index contributed by atoms with van der Waals surface area (Å²) in [4.78, 5) is 8.80. The second-order valence-corrected chi connectivity index (χ2v) is 2.89. The molecule has 0 bridgehead atoms. The molecular formula is C5H7OP. The third kappa shape index (κ3) is 1.05. The van der Waals surface area contributed by atoms with Crippen LogP contribution in [-0.4, -0.2) is 4.89 Å². The van der Waals surface area contributed by atoms with Crippen LogP contribution in [0, 0.1) is 6.92 Å². The zero-order chi connectivity index (χ0) is 5.28. The fourth-order valence-corrected chi connectivity index (χ4v) is 1.47. The van der Waals surface area contributed by atoms with E-state index in [0.29, 0.717) is 0 Å². The van der Waals surface area contributed by atoms with Crippen LogP contribution in [0.15, 0.2) is 17.7 Å². The van der Waals surface area contributed by atoms with E-state index in [-0.39, 0.29) is 0 Å². The maximum absolute atomic E-state index is 8.80. The van der Waals surface area contributed by atoms with E-state index in [1.807, 2.05) is 24.6 Å². The minimum atomic E-state index is -0.847. The lowest BCUT2D eigenvalue weighted by Crippen LogP contribution is -1.48. The molecule has 1 aromatic rings. The standard InChI is InChI=1S/C5H7OP/c1-5-2-3-7(6)4-5/h2-4,6H,1H3. The van der Waals surface area contributed by atoms with E-state index in [9.17, 15) is 0 Å². The van der Waals surface area contributed by atoms with Crippen LogP contribution in [-0.2, 0) is 0 Å². The van der Waals surface area contributed by atoms with Gasteiger partial charge in [0.25, 0.3) is 0 Å². The molecule has 0 saturated carbocycles. The molecule has 1 unspecified atom stereocenters. The predicted molar refractivity (Wildman–Crippen MR) is 31.5 cm³/mol. The Bertz CT molecular complexity index is 140. The van der Waals surface area contributed by atoms with E-state index in [1.54, 1.807) is 0 Å². The Balaban J connectivity index is 3.04. The maximum Gasteiger partial charge on any atom is 0.00559 e. The van der Waals surface area contributed by atoms with Gasteiger partial charge in [0.15, 0.2) is 0 Å². The highest BCUT2D eigenvalue weighted by Gasteiger charge is 1.84. The molecule has 1 atom stereocenters. The van der Waals surface area contributed by atoms with Crippen molar-refractivity contribution in [1.82, 2.24) is 0 Å². The SMILES string of the molecule is Cc1ccp(O)c1. The summed E-state index contributed by atoms with van der Waals surface area (Å²) >= 11 is 0. The minimum absolute atomic E-state index is 0.847. The second kappa shape index (κ2) is 1.69. The van der Waals surface area contributed by atoms with Gasteiger partial charge in [-0.15, -0.1) is 0 Å². The Morgan fingerprint density at radius 2 is 2.43 bits per heavy atom. The predicted octanol–water partition coefficient (Wildman–Crippen LogP) is 1.74. The zero-order valence-corrected chi connectivity index (χ0v) is 5.02. The molecule has 0 saturated heterocycles. The van der Waals surface area contributed by atoms with Gasteiger partial charge in [-0.25, -0.2) is 0 Å². The lowest BCUT2D eigenvalue weighted by molar-refractivity contribution is 0.650. The molecular weight excluding hydrogens is 107 g/mol. The Hall–Kier alpha value is -0.260. The quantitative estimate of drug-likeness (QED) is 0.544. The Kier molecular flexibility index (Phi) is 1.18. The molecule has 0 radical (unpaired) electrons. The van der Waals surface area contributed by atoms with Crippen LogP contribution in [0.1, 0.15) is 5.56 Å². The molecule has 0 aliphatic carbocycles. The van der Waals surface area contributed by atoms with Crippen molar-refractivity contribution in [1.29, 1.82) is 0 Å². The van der Waals surface area contributed by atoms with Crippen molar-refractivity contribution in [2.75, 3.05) is 0 Å². The third-order valence-corrected chi connectivity index (χ3v) is 1.95. The van der Waals surface area contributed by atoms with Crippen molar-refractivity contribution in [3.63, 3.8) is 0 Å². The fraction of sp³-hybridized carbons (Fsp3) is 0.200. The molecule has 38 valence electrons. The second-order valence-electron chi connectivity index (χ2n) is 1.57. The highest BCUT2D eigenvalue weighted by atomic mass is 31.1. The number of hydrogen-bond acceptors (Lipinski definition) is 1. The first-order valence-corrected chi connectivity index (χ1v) is 3.56.